The Balaban J connectivity index is 1.94. The molecule has 0 atom stereocenters. The first kappa shape index (κ1) is 21.5. The molecule has 0 fully saturated rings. The van der Waals surface area contributed by atoms with Crippen LogP contribution in [0, 0.1) is 5.82 Å². The van der Waals surface area contributed by atoms with Crippen LogP contribution in [0.25, 0.3) is 0 Å². The monoisotopic (exact) mass is 426 g/mol. The van der Waals surface area contributed by atoms with Gasteiger partial charge in [0.05, 0.1) is 10.6 Å². The molecule has 0 aliphatic heterocycles. The van der Waals surface area contributed by atoms with Crippen LogP contribution in [-0.2, 0) is 14.8 Å². The number of nitrogens with one attached hydrogen (secondary N) is 1. The van der Waals surface area contributed by atoms with E-state index in [4.69, 9.17) is 0 Å². The average molecular weight is 427 g/mol. The van der Waals surface area contributed by atoms with Crippen LogP contribution in [0.4, 0.5) is 15.8 Å². The van der Waals surface area contributed by atoms with E-state index in [1.165, 1.54) is 24.3 Å². The van der Waals surface area contributed by atoms with Crippen molar-refractivity contribution in [2.45, 2.75) is 24.7 Å². The molecule has 0 aromatic heterocycles. The topological polar surface area (TPSA) is 66.5 Å². The minimum Gasteiger partial charge on any atom is -0.324 e. The lowest BCUT2D eigenvalue weighted by atomic mass is 10.0. The molecule has 0 aliphatic rings. The first-order valence-electron chi connectivity index (χ1n) is 9.51. The fourth-order valence-electron chi connectivity index (χ4n) is 3.08. The number of hydrogen-bond donors (Lipinski definition) is 1. The van der Waals surface area contributed by atoms with Crippen molar-refractivity contribution >= 4 is 27.3 Å². The van der Waals surface area contributed by atoms with Crippen LogP contribution in [0.3, 0.4) is 0 Å². The lowest BCUT2D eigenvalue weighted by molar-refractivity contribution is -0.114. The summed E-state index contributed by atoms with van der Waals surface area (Å²) in [4.78, 5) is 12.9. The minimum atomic E-state index is -4.03. The maximum Gasteiger partial charge on any atom is 0.264 e. The van der Waals surface area contributed by atoms with E-state index in [0.717, 1.165) is 22.0 Å². The van der Waals surface area contributed by atoms with Crippen LogP contribution in [-0.4, -0.2) is 20.9 Å². The molecule has 0 spiro atoms. The van der Waals surface area contributed by atoms with Gasteiger partial charge in [-0.3, -0.25) is 9.10 Å². The van der Waals surface area contributed by atoms with E-state index in [0.29, 0.717) is 5.69 Å². The third-order valence-electron chi connectivity index (χ3n) is 4.59. The maximum atomic E-state index is 13.4. The van der Waals surface area contributed by atoms with Crippen molar-refractivity contribution in [2.24, 2.45) is 0 Å². The van der Waals surface area contributed by atoms with Gasteiger partial charge in [0.1, 0.15) is 12.4 Å². The van der Waals surface area contributed by atoms with E-state index >= 15 is 0 Å². The van der Waals surface area contributed by atoms with E-state index in [2.05, 4.69) is 5.32 Å². The Hall–Kier alpha value is -3.19. The molecule has 0 saturated heterocycles. The van der Waals surface area contributed by atoms with Gasteiger partial charge >= 0.3 is 0 Å². The second-order valence-corrected chi connectivity index (χ2v) is 8.95. The summed E-state index contributed by atoms with van der Waals surface area (Å²) in [5, 5.41) is 2.81. The Morgan fingerprint density at radius 1 is 0.933 bits per heavy atom. The molecule has 1 N–H and O–H groups in total. The summed E-state index contributed by atoms with van der Waals surface area (Å²) < 4.78 is 40.8. The highest BCUT2D eigenvalue weighted by atomic mass is 32.2. The van der Waals surface area contributed by atoms with Crippen molar-refractivity contribution in [3.63, 3.8) is 0 Å². The highest BCUT2D eigenvalue weighted by Crippen LogP contribution is 2.26. The lowest BCUT2D eigenvalue weighted by Crippen LogP contribution is -2.38. The molecule has 1 amide bonds. The molecule has 0 bridgehead atoms. The predicted molar refractivity (Wildman–Crippen MR) is 117 cm³/mol. The number of anilines is 2. The zero-order valence-electron chi connectivity index (χ0n) is 16.7. The molecule has 156 valence electrons. The summed E-state index contributed by atoms with van der Waals surface area (Å²) in [6.07, 6.45) is 0. The molecule has 0 radical (unpaired) electrons. The molecule has 3 aromatic rings. The molecule has 7 heteroatoms. The van der Waals surface area contributed by atoms with Gasteiger partial charge in [0.25, 0.3) is 10.0 Å². The van der Waals surface area contributed by atoms with Crippen molar-refractivity contribution in [2.75, 3.05) is 16.2 Å². The number of para-hydroxylation sites is 1. The van der Waals surface area contributed by atoms with Gasteiger partial charge in [0.15, 0.2) is 0 Å². The SMILES string of the molecule is CC(C)c1ccccc1NC(=O)CN(c1ccc(F)cc1)S(=O)(=O)c1ccccc1. The van der Waals surface area contributed by atoms with E-state index in [9.17, 15) is 17.6 Å². The van der Waals surface area contributed by atoms with Crippen molar-refractivity contribution < 1.29 is 17.6 Å². The molecule has 0 saturated carbocycles. The van der Waals surface area contributed by atoms with Crippen LogP contribution in [0.1, 0.15) is 25.3 Å². The van der Waals surface area contributed by atoms with Crippen LogP contribution in [0.2, 0.25) is 0 Å². The van der Waals surface area contributed by atoms with Crippen molar-refractivity contribution in [1.29, 1.82) is 0 Å². The number of sulfonamides is 1. The second-order valence-electron chi connectivity index (χ2n) is 7.09. The molecule has 3 aromatic carbocycles. The summed E-state index contributed by atoms with van der Waals surface area (Å²) >= 11 is 0. The third-order valence-corrected chi connectivity index (χ3v) is 6.38. The lowest BCUT2D eigenvalue weighted by Gasteiger charge is -2.24. The smallest absolute Gasteiger partial charge is 0.264 e. The van der Waals surface area contributed by atoms with Crippen molar-refractivity contribution in [3.8, 4) is 0 Å². The standard InChI is InChI=1S/C23H23FN2O3S/c1-17(2)21-10-6-7-11-22(21)25-23(27)16-26(19-14-12-18(24)13-15-19)30(28,29)20-8-4-3-5-9-20/h3-15,17H,16H2,1-2H3,(H,25,27). The van der Waals surface area contributed by atoms with Gasteiger partial charge in [-0.05, 0) is 53.9 Å². The molecule has 30 heavy (non-hydrogen) atoms. The largest absolute Gasteiger partial charge is 0.324 e. The Morgan fingerprint density at radius 3 is 2.17 bits per heavy atom. The summed E-state index contributed by atoms with van der Waals surface area (Å²) in [5.41, 5.74) is 1.78. The Kier molecular flexibility index (Phi) is 6.52. The Bertz CT molecular complexity index is 1110. The number of benzene rings is 3. The van der Waals surface area contributed by atoms with Crippen molar-refractivity contribution in [3.05, 3.63) is 90.2 Å². The van der Waals surface area contributed by atoms with E-state index < -0.39 is 28.3 Å². The Labute approximate surface area is 176 Å². The molecule has 0 aliphatic carbocycles. The maximum absolute atomic E-state index is 13.4. The van der Waals surface area contributed by atoms with Crippen LogP contribution in [0.5, 0.6) is 0 Å². The number of rotatable bonds is 7. The number of hydrogen-bond acceptors (Lipinski definition) is 3. The molecule has 0 heterocycles. The van der Waals surface area contributed by atoms with Gasteiger partial charge in [-0.25, -0.2) is 12.8 Å². The van der Waals surface area contributed by atoms with E-state index in [1.807, 2.05) is 26.0 Å². The van der Waals surface area contributed by atoms with E-state index in [-0.39, 0.29) is 16.5 Å². The zero-order valence-corrected chi connectivity index (χ0v) is 17.6. The molecule has 5 nitrogen and oxygen atoms in total. The summed E-state index contributed by atoms with van der Waals surface area (Å²) in [5.74, 6) is -0.805. The average Bonchev–Trinajstić information content (AvgIpc) is 2.73. The minimum absolute atomic E-state index is 0.0460. The van der Waals surface area contributed by atoms with Crippen LogP contribution in [0.15, 0.2) is 83.8 Å². The van der Waals surface area contributed by atoms with Gasteiger partial charge in [0.2, 0.25) is 5.91 Å². The number of carbonyl (C=O) groups is 1. The fraction of sp³-hybridized carbons (Fsp3) is 0.174. The summed E-state index contributed by atoms with van der Waals surface area (Å²) in [7, 11) is -4.03. The number of amides is 1. The van der Waals surface area contributed by atoms with Crippen molar-refractivity contribution in [1.82, 2.24) is 0 Å². The molecular weight excluding hydrogens is 403 g/mol. The van der Waals surface area contributed by atoms with Gasteiger partial charge in [0, 0.05) is 5.69 Å². The van der Waals surface area contributed by atoms with Crippen LogP contribution < -0.4 is 9.62 Å². The third kappa shape index (κ3) is 4.86. The predicted octanol–water partition coefficient (Wildman–Crippen LogP) is 4.78. The highest BCUT2D eigenvalue weighted by Gasteiger charge is 2.27. The summed E-state index contributed by atoms with van der Waals surface area (Å²) in [6.45, 7) is 3.57. The first-order valence-corrected chi connectivity index (χ1v) is 10.9. The molecular formula is C23H23FN2O3S. The number of halogens is 1. The van der Waals surface area contributed by atoms with Crippen LogP contribution >= 0.6 is 0 Å². The second kappa shape index (κ2) is 9.09. The molecule has 0 unspecified atom stereocenters. The first-order chi connectivity index (χ1) is 14.3. The number of carbonyl (C=O) groups excluding carboxylic acids is 1. The zero-order chi connectivity index (χ0) is 21.7. The van der Waals surface area contributed by atoms with Gasteiger partial charge in [-0.1, -0.05) is 50.2 Å². The molecule has 3 rings (SSSR count). The number of nitrogens with zero attached hydrogens (tertiary/aromatic N) is 1. The van der Waals surface area contributed by atoms with Gasteiger partial charge < -0.3 is 5.32 Å². The van der Waals surface area contributed by atoms with Gasteiger partial charge in [-0.15, -0.1) is 0 Å². The normalized spacial score (nSPS) is 11.3. The fourth-order valence-corrected chi connectivity index (χ4v) is 4.52. The van der Waals surface area contributed by atoms with Gasteiger partial charge in [-0.2, -0.15) is 0 Å². The quantitative estimate of drug-likeness (QED) is 0.591. The Morgan fingerprint density at radius 2 is 1.53 bits per heavy atom. The van der Waals surface area contributed by atoms with E-state index in [1.54, 1.807) is 30.3 Å². The highest BCUT2D eigenvalue weighted by molar-refractivity contribution is 7.92. The summed E-state index contributed by atoms with van der Waals surface area (Å²) in [6, 6.07) is 20.2.